The predicted octanol–water partition coefficient (Wildman–Crippen LogP) is 2.69. The molecule has 0 saturated carbocycles. The van der Waals surface area contributed by atoms with Gasteiger partial charge < -0.3 is 4.90 Å². The van der Waals surface area contributed by atoms with Gasteiger partial charge in [0, 0.05) is 24.6 Å². The Morgan fingerprint density at radius 2 is 1.92 bits per heavy atom. The summed E-state index contributed by atoms with van der Waals surface area (Å²) in [7, 11) is 0. The lowest BCUT2D eigenvalue weighted by atomic mass is 9.97. The summed E-state index contributed by atoms with van der Waals surface area (Å²) in [4.78, 5) is 37.9. The van der Waals surface area contributed by atoms with Gasteiger partial charge in [0.15, 0.2) is 0 Å². The summed E-state index contributed by atoms with van der Waals surface area (Å²) in [5.41, 5.74) is 1.69. The number of amides is 3. The fraction of sp³-hybridized carbons (Fsp3) is 0.550. The van der Waals surface area contributed by atoms with Crippen molar-refractivity contribution in [1.29, 1.82) is 0 Å². The minimum atomic E-state index is -0.288. The average Bonchev–Trinajstić information content (AvgIpc) is 2.80. The number of rotatable bonds is 4. The molecule has 3 amide bonds. The van der Waals surface area contributed by atoms with E-state index in [1.54, 1.807) is 0 Å². The zero-order valence-electron chi connectivity index (χ0n) is 14.8. The molecule has 1 aromatic carbocycles. The van der Waals surface area contributed by atoms with Crippen LogP contribution < -0.4 is 5.32 Å². The number of hydrogen-bond acceptors (Lipinski definition) is 3. The van der Waals surface area contributed by atoms with Gasteiger partial charge in [-0.1, -0.05) is 31.9 Å². The summed E-state index contributed by atoms with van der Waals surface area (Å²) in [5.74, 6) is -0.577. The molecule has 2 aliphatic heterocycles. The van der Waals surface area contributed by atoms with Gasteiger partial charge in [-0.05, 0) is 43.4 Å². The molecule has 0 aromatic heterocycles. The van der Waals surface area contributed by atoms with E-state index in [2.05, 4.69) is 12.2 Å². The van der Waals surface area contributed by atoms with Gasteiger partial charge in [0.05, 0.1) is 5.92 Å². The highest BCUT2D eigenvalue weighted by molar-refractivity contribution is 6.03. The van der Waals surface area contributed by atoms with Crippen molar-refractivity contribution in [2.75, 3.05) is 6.54 Å². The third kappa shape index (κ3) is 4.09. The summed E-state index contributed by atoms with van der Waals surface area (Å²) in [6.45, 7) is 2.98. The molecule has 0 radical (unpaired) electrons. The molecule has 134 valence electrons. The second kappa shape index (κ2) is 7.81. The molecule has 5 heteroatoms. The Hall–Kier alpha value is -2.17. The molecule has 0 aliphatic carbocycles. The van der Waals surface area contributed by atoms with Crippen molar-refractivity contribution in [2.24, 2.45) is 5.92 Å². The highest BCUT2D eigenvalue weighted by Gasteiger charge is 2.30. The lowest BCUT2D eigenvalue weighted by molar-refractivity contribution is -0.125. The van der Waals surface area contributed by atoms with E-state index >= 15 is 0 Å². The maximum Gasteiger partial charge on any atom is 0.254 e. The fourth-order valence-corrected chi connectivity index (χ4v) is 3.87. The molecule has 1 aromatic rings. The smallest absolute Gasteiger partial charge is 0.254 e. The fourth-order valence-electron chi connectivity index (χ4n) is 3.87. The highest BCUT2D eigenvalue weighted by atomic mass is 16.2. The zero-order valence-corrected chi connectivity index (χ0v) is 14.8. The highest BCUT2D eigenvalue weighted by Crippen LogP contribution is 2.22. The number of benzene rings is 1. The van der Waals surface area contributed by atoms with Crippen LogP contribution in [0.1, 0.15) is 61.4 Å². The normalized spacial score (nSPS) is 24.1. The van der Waals surface area contributed by atoms with Crippen molar-refractivity contribution in [2.45, 2.75) is 57.9 Å². The molecule has 3 rings (SSSR count). The van der Waals surface area contributed by atoms with Crippen LogP contribution >= 0.6 is 0 Å². The lowest BCUT2D eigenvalue weighted by Crippen LogP contribution is -2.39. The molecule has 25 heavy (non-hydrogen) atoms. The van der Waals surface area contributed by atoms with Gasteiger partial charge >= 0.3 is 0 Å². The number of imide groups is 1. The van der Waals surface area contributed by atoms with Crippen molar-refractivity contribution in [1.82, 2.24) is 10.2 Å². The summed E-state index contributed by atoms with van der Waals surface area (Å²) in [6, 6.07) is 7.85. The Kier molecular flexibility index (Phi) is 5.51. The van der Waals surface area contributed by atoms with E-state index in [0.717, 1.165) is 31.4 Å². The maximum atomic E-state index is 12.9. The van der Waals surface area contributed by atoms with Gasteiger partial charge in [-0.15, -0.1) is 0 Å². The number of carbonyl (C=O) groups excluding carboxylic acids is 3. The van der Waals surface area contributed by atoms with E-state index in [1.807, 2.05) is 29.2 Å². The van der Waals surface area contributed by atoms with Crippen LogP contribution in [0.25, 0.3) is 0 Å². The molecule has 0 unspecified atom stereocenters. The van der Waals surface area contributed by atoms with Gasteiger partial charge in [0.2, 0.25) is 11.8 Å². The van der Waals surface area contributed by atoms with Crippen LogP contribution in [-0.4, -0.2) is 35.2 Å². The van der Waals surface area contributed by atoms with Gasteiger partial charge in [-0.25, -0.2) is 0 Å². The van der Waals surface area contributed by atoms with Crippen LogP contribution in [0.2, 0.25) is 0 Å². The molecular formula is C20H26N2O3. The van der Waals surface area contributed by atoms with E-state index < -0.39 is 0 Å². The van der Waals surface area contributed by atoms with Crippen LogP contribution in [0.3, 0.4) is 0 Å². The summed E-state index contributed by atoms with van der Waals surface area (Å²) in [6.07, 6.45) is 6.34. The van der Waals surface area contributed by atoms with E-state index in [-0.39, 0.29) is 30.1 Å². The van der Waals surface area contributed by atoms with E-state index in [4.69, 9.17) is 0 Å². The van der Waals surface area contributed by atoms with Crippen molar-refractivity contribution in [3.63, 3.8) is 0 Å². The van der Waals surface area contributed by atoms with E-state index in [1.165, 1.54) is 12.8 Å². The van der Waals surface area contributed by atoms with Crippen LogP contribution in [0.15, 0.2) is 24.3 Å². The first-order valence-corrected chi connectivity index (χ1v) is 9.32. The number of likely N-dealkylation sites (tertiary alicyclic amines) is 1. The number of nitrogens with one attached hydrogen (secondary N) is 1. The topological polar surface area (TPSA) is 66.5 Å². The summed E-state index contributed by atoms with van der Waals surface area (Å²) >= 11 is 0. The molecular weight excluding hydrogens is 316 g/mol. The molecule has 2 heterocycles. The molecule has 2 fully saturated rings. The number of carbonyl (C=O) groups is 3. The first-order valence-electron chi connectivity index (χ1n) is 9.32. The van der Waals surface area contributed by atoms with Crippen molar-refractivity contribution < 1.29 is 14.4 Å². The minimum Gasteiger partial charge on any atom is -0.336 e. The van der Waals surface area contributed by atoms with Crippen LogP contribution in [0.5, 0.6) is 0 Å². The van der Waals surface area contributed by atoms with Gasteiger partial charge in [0.1, 0.15) is 0 Å². The lowest BCUT2D eigenvalue weighted by Gasteiger charge is -2.29. The first-order chi connectivity index (χ1) is 12.1. The Morgan fingerprint density at radius 3 is 2.56 bits per heavy atom. The van der Waals surface area contributed by atoms with Crippen molar-refractivity contribution in [3.8, 4) is 0 Å². The molecule has 1 N–H and O–H groups in total. The average molecular weight is 342 g/mol. The van der Waals surface area contributed by atoms with Crippen molar-refractivity contribution in [3.05, 3.63) is 35.4 Å². The third-order valence-corrected chi connectivity index (χ3v) is 5.36. The molecule has 2 saturated heterocycles. The third-order valence-electron chi connectivity index (χ3n) is 5.36. The largest absolute Gasteiger partial charge is 0.336 e. The van der Waals surface area contributed by atoms with Crippen LogP contribution in [-0.2, 0) is 16.0 Å². The van der Waals surface area contributed by atoms with E-state index in [9.17, 15) is 14.4 Å². The Labute approximate surface area is 148 Å². The first kappa shape index (κ1) is 17.6. The molecule has 0 bridgehead atoms. The van der Waals surface area contributed by atoms with Gasteiger partial charge in [-0.3, -0.25) is 19.7 Å². The Morgan fingerprint density at radius 1 is 1.16 bits per heavy atom. The van der Waals surface area contributed by atoms with Gasteiger partial charge in [0.25, 0.3) is 5.91 Å². The minimum absolute atomic E-state index is 0.106. The SMILES string of the molecule is CC[C@@H]1CCCCCN1C(=O)c1ccc(C[C@@H]2CC(=O)NC2=O)cc1. The van der Waals surface area contributed by atoms with Crippen molar-refractivity contribution >= 4 is 17.7 Å². The summed E-state index contributed by atoms with van der Waals surface area (Å²) < 4.78 is 0. The summed E-state index contributed by atoms with van der Waals surface area (Å²) in [5, 5.41) is 2.34. The zero-order chi connectivity index (χ0) is 17.8. The molecule has 5 nitrogen and oxygen atoms in total. The second-order valence-corrected chi connectivity index (χ2v) is 7.12. The monoisotopic (exact) mass is 342 g/mol. The number of hydrogen-bond donors (Lipinski definition) is 1. The Bertz CT molecular complexity index is 653. The van der Waals surface area contributed by atoms with Crippen LogP contribution in [0, 0.1) is 5.92 Å². The van der Waals surface area contributed by atoms with Gasteiger partial charge in [-0.2, -0.15) is 0 Å². The standard InChI is InChI=1S/C20H26N2O3/c1-2-17-6-4-3-5-11-22(17)20(25)15-9-7-14(8-10-15)12-16-13-18(23)21-19(16)24/h7-10,16-17H,2-6,11-13H2,1H3,(H,21,23,24)/t16-,17-/m1/s1. The quantitative estimate of drug-likeness (QED) is 0.856. The number of nitrogens with zero attached hydrogens (tertiary/aromatic N) is 1. The molecule has 2 atom stereocenters. The van der Waals surface area contributed by atoms with Crippen LogP contribution in [0.4, 0.5) is 0 Å². The molecule has 2 aliphatic rings. The maximum absolute atomic E-state index is 12.9. The predicted molar refractivity (Wildman–Crippen MR) is 95.0 cm³/mol. The van der Waals surface area contributed by atoms with E-state index in [0.29, 0.717) is 18.0 Å². The second-order valence-electron chi connectivity index (χ2n) is 7.12. The molecule has 0 spiro atoms. The Balaban J connectivity index is 1.67.